The van der Waals surface area contributed by atoms with Gasteiger partial charge in [-0.1, -0.05) is 0 Å². The second kappa shape index (κ2) is 10.4. The number of nitrogens with zero attached hydrogens (tertiary/aromatic N) is 2. The molecule has 0 saturated heterocycles. The lowest BCUT2D eigenvalue weighted by molar-refractivity contribution is 0.0614. The Morgan fingerprint density at radius 1 is 0.382 bits per heavy atom. The van der Waals surface area contributed by atoms with Gasteiger partial charge >= 0.3 is 0 Å². The molecule has 0 N–H and O–H groups in total. The molecule has 0 spiro atoms. The first-order valence-corrected chi connectivity index (χ1v) is 15.7. The maximum absolute atomic E-state index is 13.0. The highest BCUT2D eigenvalue weighted by atomic mass is 79.9. The van der Waals surface area contributed by atoms with Crippen LogP contribution in [0.2, 0.25) is 0 Å². The van der Waals surface area contributed by atoms with E-state index in [1.54, 1.807) is 0 Å². The summed E-state index contributed by atoms with van der Waals surface area (Å²) in [4.78, 5) is 54.2. The summed E-state index contributed by atoms with van der Waals surface area (Å²) in [6.07, 6.45) is 0.846. The Morgan fingerprint density at radius 3 is 0.794 bits per heavy atom. The second-order valence-electron chi connectivity index (χ2n) is 7.24. The highest BCUT2D eigenvalue weighted by molar-refractivity contribution is 9.15. The number of carbonyl (C=O) groups excluding carboxylic acids is 4. The van der Waals surface area contributed by atoms with E-state index in [4.69, 9.17) is 0 Å². The van der Waals surface area contributed by atoms with Gasteiger partial charge in [-0.3, -0.25) is 29.0 Å². The Bertz CT molecular complexity index is 1150. The minimum absolute atomic E-state index is 0.161. The smallest absolute Gasteiger partial charge is 0.262 e. The Balaban J connectivity index is 1.47. The van der Waals surface area contributed by atoms with Crippen molar-refractivity contribution in [3.05, 3.63) is 58.0 Å². The second-order valence-corrected chi connectivity index (χ2v) is 13.6. The van der Waals surface area contributed by atoms with Gasteiger partial charge in [0.1, 0.15) is 0 Å². The van der Waals surface area contributed by atoms with Crippen LogP contribution < -0.4 is 0 Å². The van der Waals surface area contributed by atoms with Crippen LogP contribution >= 0.6 is 127 Å². The lowest BCUT2D eigenvalue weighted by Gasteiger charge is -2.16. The fourth-order valence-corrected chi connectivity index (χ4v) is 8.65. The molecule has 34 heavy (non-hydrogen) atoms. The van der Waals surface area contributed by atoms with Gasteiger partial charge in [0.15, 0.2) is 0 Å². The van der Waals surface area contributed by atoms with E-state index in [1.165, 1.54) is 9.80 Å². The van der Waals surface area contributed by atoms with Gasteiger partial charge in [-0.25, -0.2) is 0 Å². The third kappa shape index (κ3) is 4.23. The summed E-state index contributed by atoms with van der Waals surface area (Å²) in [7, 11) is 0. The summed E-state index contributed by atoms with van der Waals surface area (Å²) >= 11 is 27.2. The molecule has 2 aromatic rings. The number of halogens is 8. The highest BCUT2D eigenvalue weighted by Crippen LogP contribution is 2.46. The normalized spacial score (nSPS) is 15.1. The summed E-state index contributed by atoms with van der Waals surface area (Å²) in [6, 6.07) is 0. The van der Waals surface area contributed by atoms with Gasteiger partial charge in [0.05, 0.1) is 22.3 Å². The van der Waals surface area contributed by atoms with E-state index in [0.29, 0.717) is 48.6 Å². The van der Waals surface area contributed by atoms with Crippen LogP contribution in [0.5, 0.6) is 0 Å². The number of fused-ring (bicyclic) bond motifs is 2. The maximum atomic E-state index is 13.0. The average Bonchev–Trinajstić information content (AvgIpc) is 3.20. The Morgan fingerprint density at radius 2 is 0.588 bits per heavy atom. The van der Waals surface area contributed by atoms with Crippen LogP contribution in [-0.2, 0) is 0 Å². The molecule has 0 unspecified atom stereocenters. The van der Waals surface area contributed by atoms with E-state index >= 15 is 0 Å². The molecule has 14 heteroatoms. The number of amides is 4. The van der Waals surface area contributed by atoms with E-state index in [2.05, 4.69) is 127 Å². The zero-order valence-corrected chi connectivity index (χ0v) is 29.1. The lowest BCUT2D eigenvalue weighted by Crippen LogP contribution is -2.33. The molecule has 2 heterocycles. The van der Waals surface area contributed by atoms with E-state index in [-0.39, 0.29) is 35.3 Å². The average molecular weight is 980 g/mol. The van der Waals surface area contributed by atoms with Gasteiger partial charge in [0.2, 0.25) is 0 Å². The van der Waals surface area contributed by atoms with Crippen LogP contribution in [0.4, 0.5) is 0 Å². The largest absolute Gasteiger partial charge is 0.274 e. The van der Waals surface area contributed by atoms with E-state index in [9.17, 15) is 19.2 Å². The van der Waals surface area contributed by atoms with Crippen LogP contribution in [0.25, 0.3) is 0 Å². The molecule has 178 valence electrons. The predicted octanol–water partition coefficient (Wildman–Crippen LogP) is 8.46. The molecule has 0 atom stereocenters. The number of hydrogen-bond donors (Lipinski definition) is 0. The Kier molecular flexibility index (Phi) is 8.42. The number of benzene rings is 2. The number of hydrogen-bond acceptors (Lipinski definition) is 4. The van der Waals surface area contributed by atoms with Gasteiger partial charge in [0, 0.05) is 48.9 Å². The number of unbranched alkanes of at least 4 members (excludes halogenated alkanes) is 1. The molecule has 4 amide bonds. The topological polar surface area (TPSA) is 74.8 Å². The van der Waals surface area contributed by atoms with Crippen molar-refractivity contribution in [3.63, 3.8) is 0 Å². The van der Waals surface area contributed by atoms with Crippen molar-refractivity contribution < 1.29 is 19.2 Å². The summed E-state index contributed by atoms with van der Waals surface area (Å²) in [6.45, 7) is 0.322. The monoisotopic (exact) mass is 971 g/mol. The third-order valence-corrected chi connectivity index (χ3v) is 14.9. The summed E-state index contributed by atoms with van der Waals surface area (Å²) in [5.41, 5.74) is 1.16. The molecule has 2 aliphatic rings. The Hall–Kier alpha value is 0.560. The molecule has 6 nitrogen and oxygen atoms in total. The number of carbonyl (C=O) groups is 4. The summed E-state index contributed by atoms with van der Waals surface area (Å²) in [5.74, 6) is -1.60. The molecule has 0 bridgehead atoms. The summed E-state index contributed by atoms with van der Waals surface area (Å²) < 4.78 is 4.50. The van der Waals surface area contributed by atoms with Crippen LogP contribution in [0, 0.1) is 0 Å². The molecule has 0 fully saturated rings. The zero-order valence-electron chi connectivity index (χ0n) is 16.4. The minimum atomic E-state index is -0.399. The van der Waals surface area contributed by atoms with Crippen molar-refractivity contribution in [2.45, 2.75) is 12.8 Å². The van der Waals surface area contributed by atoms with Crippen LogP contribution in [0.1, 0.15) is 54.3 Å². The molecule has 2 aliphatic heterocycles. The van der Waals surface area contributed by atoms with E-state index in [0.717, 1.165) is 0 Å². The van der Waals surface area contributed by atoms with Crippen molar-refractivity contribution in [1.29, 1.82) is 0 Å². The highest BCUT2D eigenvalue weighted by Gasteiger charge is 2.42. The molecule has 0 radical (unpaired) electrons. The molecule has 0 aliphatic carbocycles. The molecular formula is C20H8Br8N2O4. The molecule has 4 rings (SSSR count). The molecular weight excluding hydrogens is 971 g/mol. The predicted molar refractivity (Wildman–Crippen MR) is 154 cm³/mol. The van der Waals surface area contributed by atoms with Crippen LogP contribution in [0.15, 0.2) is 35.8 Å². The van der Waals surface area contributed by atoms with Crippen molar-refractivity contribution in [3.8, 4) is 0 Å². The van der Waals surface area contributed by atoms with Gasteiger partial charge in [-0.15, -0.1) is 0 Å². The molecule has 0 aromatic heterocycles. The third-order valence-electron chi connectivity index (χ3n) is 5.38. The fraction of sp³-hybridized carbons (Fsp3) is 0.200. The quantitative estimate of drug-likeness (QED) is 0.131. The first-order valence-electron chi connectivity index (χ1n) is 9.36. The fourth-order valence-electron chi connectivity index (χ4n) is 3.74. The van der Waals surface area contributed by atoms with Gasteiger partial charge in [0.25, 0.3) is 23.6 Å². The van der Waals surface area contributed by atoms with Crippen LogP contribution in [0.3, 0.4) is 0 Å². The van der Waals surface area contributed by atoms with Gasteiger partial charge < -0.3 is 0 Å². The number of imide groups is 2. The molecule has 0 saturated carbocycles. The van der Waals surface area contributed by atoms with E-state index < -0.39 is 23.6 Å². The molecule has 2 aromatic carbocycles. The lowest BCUT2D eigenvalue weighted by atomic mass is 10.1. The summed E-state index contributed by atoms with van der Waals surface area (Å²) in [5, 5.41) is 0. The zero-order chi connectivity index (χ0) is 25.2. The standard InChI is InChI=1S/C20H8Br8N2O4/c21-9-5-6(10(22)14(26)13(9)25)18(32)29(17(5)31)3-1-2-4-30-19(33)7-8(20(30)34)12(24)16(28)15(27)11(7)23/h1-4H2. The first kappa shape index (κ1) is 27.6. The van der Waals surface area contributed by atoms with Crippen LogP contribution in [-0.4, -0.2) is 46.5 Å². The SMILES string of the molecule is O=C1c2c(Br)c(Br)c(Br)c(Br)c2C(=O)N1CCCCN1C(=O)c2c(Br)c(Br)c(Br)c(Br)c2C1=O. The number of rotatable bonds is 5. The van der Waals surface area contributed by atoms with Gasteiger partial charge in [-0.05, 0) is 140 Å². The van der Waals surface area contributed by atoms with Crippen molar-refractivity contribution in [1.82, 2.24) is 9.80 Å². The first-order chi connectivity index (χ1) is 15.9. The Labute approximate surface area is 261 Å². The van der Waals surface area contributed by atoms with Crippen molar-refractivity contribution in [2.75, 3.05) is 13.1 Å². The minimum Gasteiger partial charge on any atom is -0.274 e. The van der Waals surface area contributed by atoms with E-state index in [1.807, 2.05) is 0 Å². The van der Waals surface area contributed by atoms with Crippen molar-refractivity contribution >= 4 is 151 Å². The van der Waals surface area contributed by atoms with Crippen molar-refractivity contribution in [2.24, 2.45) is 0 Å². The van der Waals surface area contributed by atoms with Gasteiger partial charge in [-0.2, -0.15) is 0 Å². The maximum Gasteiger partial charge on any atom is 0.262 e.